The topological polar surface area (TPSA) is 0 Å². The molecule has 0 fully saturated rings. The first kappa shape index (κ1) is 3.36. The van der Waals surface area contributed by atoms with E-state index in [1.165, 1.54) is 5.21 Å². The minimum atomic E-state index is 0.618. The number of hydrogen-bond donors (Lipinski definition) is 0. The molecule has 1 heterocycles. The summed E-state index contributed by atoms with van der Waals surface area (Å²) in [6.45, 7) is 0. The van der Waals surface area contributed by atoms with Crippen LogP contribution in [0.25, 0.3) is 0 Å². The van der Waals surface area contributed by atoms with Crippen molar-refractivity contribution in [2.45, 2.75) is 5.21 Å². The van der Waals surface area contributed by atoms with Gasteiger partial charge in [-0.05, 0) is 0 Å². The molecule has 1 rings (SSSR count). The summed E-state index contributed by atoms with van der Waals surface area (Å²) in [7, 11) is 0. The molecule has 5 heavy (non-hydrogen) atoms. The summed E-state index contributed by atoms with van der Waals surface area (Å²) < 4.78 is 0. The van der Waals surface area contributed by atoms with Gasteiger partial charge in [-0.3, -0.25) is 0 Å². The summed E-state index contributed by atoms with van der Waals surface area (Å²) in [5, 5.41) is 1.36. The van der Waals surface area contributed by atoms with Crippen LogP contribution in [0.3, 0.4) is 0 Å². The van der Waals surface area contributed by atoms with Crippen molar-refractivity contribution in [2.24, 2.45) is 0 Å². The van der Waals surface area contributed by atoms with Crippen molar-refractivity contribution in [3.63, 3.8) is 0 Å². The second-order valence-corrected chi connectivity index (χ2v) is 3.10. The Morgan fingerprint density at radius 2 is 2.60 bits per heavy atom. The number of rotatable bonds is 0. The predicted molar refractivity (Wildman–Crippen MR) is 25.8 cm³/mol. The van der Waals surface area contributed by atoms with Crippen molar-refractivity contribution in [1.82, 2.24) is 0 Å². The van der Waals surface area contributed by atoms with Gasteiger partial charge in [0.05, 0.1) is 0 Å². The Kier molecular flexibility index (Phi) is 1.05. The summed E-state index contributed by atoms with van der Waals surface area (Å²) in [6, 6.07) is 0. The van der Waals surface area contributed by atoms with Gasteiger partial charge in [0, 0.05) is 0 Å². The third-order valence-corrected chi connectivity index (χ3v) is 2.23. The molecule has 0 unspecified atom stereocenters. The summed E-state index contributed by atoms with van der Waals surface area (Å²) in [5.74, 6) is 0. The standard InChI is InChI=1S/C4H5As/c1-2-4-5-3-1/h1-3H,4H2. The van der Waals surface area contributed by atoms with Crippen LogP contribution in [-0.2, 0) is 0 Å². The molecule has 0 N–H and O–H groups in total. The average Bonchev–Trinajstić information content (AvgIpc) is 1.76. The Hall–Kier alpha value is 0.168. The molecule has 0 amide bonds. The van der Waals surface area contributed by atoms with Gasteiger partial charge >= 0.3 is 37.5 Å². The van der Waals surface area contributed by atoms with Crippen molar-refractivity contribution < 1.29 is 0 Å². The Morgan fingerprint density at radius 3 is 2.80 bits per heavy atom. The molecule has 1 aliphatic rings. The summed E-state index contributed by atoms with van der Waals surface area (Å²) in [4.78, 5) is 2.27. The molecule has 0 saturated heterocycles. The summed E-state index contributed by atoms with van der Waals surface area (Å²) in [5.41, 5.74) is 0. The number of hydrogen-bond acceptors (Lipinski definition) is 0. The van der Waals surface area contributed by atoms with Crippen molar-refractivity contribution in [3.05, 3.63) is 12.2 Å². The van der Waals surface area contributed by atoms with Gasteiger partial charge in [-0.1, -0.05) is 0 Å². The van der Waals surface area contributed by atoms with E-state index in [0.717, 1.165) is 0 Å². The van der Waals surface area contributed by atoms with Gasteiger partial charge in [0.1, 0.15) is 0 Å². The molecular weight excluding hydrogens is 123 g/mol. The molecule has 1 heteroatoms. The van der Waals surface area contributed by atoms with E-state index in [-0.39, 0.29) is 0 Å². The zero-order valence-electron chi connectivity index (χ0n) is 2.89. The molecule has 0 aromatic heterocycles. The molecule has 1 aliphatic heterocycles. The van der Waals surface area contributed by atoms with Crippen LogP contribution in [-0.4, -0.2) is 20.1 Å². The van der Waals surface area contributed by atoms with Crippen LogP contribution in [0, 0.1) is 0 Å². The van der Waals surface area contributed by atoms with Crippen molar-refractivity contribution in [3.8, 4) is 0 Å². The van der Waals surface area contributed by atoms with E-state index < -0.39 is 0 Å². The van der Waals surface area contributed by atoms with E-state index in [0.29, 0.717) is 15.3 Å². The van der Waals surface area contributed by atoms with E-state index in [4.69, 9.17) is 0 Å². The second kappa shape index (κ2) is 1.57. The van der Waals surface area contributed by atoms with Gasteiger partial charge in [-0.15, -0.1) is 0 Å². The first-order chi connectivity index (χ1) is 2.50. The van der Waals surface area contributed by atoms with E-state index >= 15 is 0 Å². The zero-order chi connectivity index (χ0) is 3.54. The Balaban J connectivity index is 2.61. The summed E-state index contributed by atoms with van der Waals surface area (Å²) >= 11 is 0.618. The quantitative estimate of drug-likeness (QED) is 0.416. The third kappa shape index (κ3) is 0.734. The van der Waals surface area contributed by atoms with E-state index in [1.807, 2.05) is 0 Å². The Morgan fingerprint density at radius 1 is 1.60 bits per heavy atom. The Labute approximate surface area is 38.1 Å². The maximum absolute atomic E-state index is 2.27. The van der Waals surface area contributed by atoms with Crippen LogP contribution < -0.4 is 0 Å². The fourth-order valence-electron chi connectivity index (χ4n) is 0.304. The van der Waals surface area contributed by atoms with Crippen molar-refractivity contribution >= 4 is 20.1 Å². The molecule has 0 aromatic carbocycles. The van der Waals surface area contributed by atoms with Crippen LogP contribution in [0.15, 0.2) is 12.2 Å². The summed E-state index contributed by atoms with van der Waals surface area (Å²) in [6.07, 6.45) is 4.38. The van der Waals surface area contributed by atoms with E-state index in [9.17, 15) is 0 Å². The second-order valence-electron chi connectivity index (χ2n) is 0.942. The molecule has 0 radical (unpaired) electrons. The molecule has 0 saturated carbocycles. The fraction of sp³-hybridized carbons (Fsp3) is 0.250. The van der Waals surface area contributed by atoms with E-state index in [1.54, 1.807) is 0 Å². The maximum atomic E-state index is 2.27. The van der Waals surface area contributed by atoms with Gasteiger partial charge < -0.3 is 0 Å². The number of allylic oxidation sites excluding steroid dienone is 2. The van der Waals surface area contributed by atoms with Gasteiger partial charge in [0.25, 0.3) is 0 Å². The van der Waals surface area contributed by atoms with Crippen LogP contribution in [0.5, 0.6) is 0 Å². The van der Waals surface area contributed by atoms with Crippen LogP contribution >= 0.6 is 0 Å². The molecule has 0 spiro atoms. The molecule has 0 aromatic rings. The SMILES string of the molecule is C1=CC[As]=C1. The normalized spacial score (nSPS) is 20.8. The zero-order valence-corrected chi connectivity index (χ0v) is 4.76. The van der Waals surface area contributed by atoms with E-state index in [2.05, 4.69) is 17.0 Å². The first-order valence-corrected chi connectivity index (χ1v) is 4.06. The predicted octanol–water partition coefficient (Wildman–Crippen LogP) is 0.481. The Bertz CT molecular complexity index is 61.7. The molecule has 0 nitrogen and oxygen atoms in total. The molecule has 0 aliphatic carbocycles. The van der Waals surface area contributed by atoms with Crippen LogP contribution in [0.4, 0.5) is 0 Å². The molecule has 0 bridgehead atoms. The van der Waals surface area contributed by atoms with Gasteiger partial charge in [0.15, 0.2) is 0 Å². The first-order valence-electron chi connectivity index (χ1n) is 1.65. The monoisotopic (exact) mass is 128 g/mol. The third-order valence-electron chi connectivity index (χ3n) is 0.538. The molecular formula is C4H5As. The minimum absolute atomic E-state index is 0.618. The van der Waals surface area contributed by atoms with Crippen LogP contribution in [0.1, 0.15) is 0 Å². The van der Waals surface area contributed by atoms with Crippen molar-refractivity contribution in [1.29, 1.82) is 0 Å². The average molecular weight is 128 g/mol. The van der Waals surface area contributed by atoms with Crippen molar-refractivity contribution in [2.75, 3.05) is 0 Å². The van der Waals surface area contributed by atoms with Gasteiger partial charge in [-0.2, -0.15) is 0 Å². The van der Waals surface area contributed by atoms with Gasteiger partial charge in [-0.25, -0.2) is 0 Å². The fourth-order valence-corrected chi connectivity index (χ4v) is 1.58. The molecule has 0 atom stereocenters. The van der Waals surface area contributed by atoms with Gasteiger partial charge in [0.2, 0.25) is 0 Å². The molecule has 26 valence electrons. The van der Waals surface area contributed by atoms with Crippen LogP contribution in [0.2, 0.25) is 5.21 Å².